The predicted molar refractivity (Wildman–Crippen MR) is 100 cm³/mol. The molecule has 1 aromatic heterocycles. The summed E-state index contributed by atoms with van der Waals surface area (Å²) in [6.45, 7) is 4.19. The summed E-state index contributed by atoms with van der Waals surface area (Å²) in [6.07, 6.45) is 2.68. The van der Waals surface area contributed by atoms with Crippen molar-refractivity contribution in [2.45, 2.75) is 6.42 Å². The molecule has 3 heterocycles. The van der Waals surface area contributed by atoms with Crippen LogP contribution in [0.1, 0.15) is 11.1 Å². The van der Waals surface area contributed by atoms with Crippen molar-refractivity contribution in [3.8, 4) is 0 Å². The lowest BCUT2D eigenvalue weighted by atomic mass is 10.1. The minimum absolute atomic E-state index is 0.545. The maximum Gasteiger partial charge on any atom is 0.128 e. The largest absolute Gasteiger partial charge is 0.354 e. The average molecular weight is 361 g/mol. The minimum atomic E-state index is 0.545. The predicted octanol–water partition coefficient (Wildman–Crippen LogP) is 3.82. The number of aliphatic imine (C=N–C) groups is 1. The van der Waals surface area contributed by atoms with Gasteiger partial charge in [-0.3, -0.25) is 4.99 Å². The number of aromatic nitrogens is 1. The summed E-state index contributed by atoms with van der Waals surface area (Å²) in [5, 5.41) is 1.12. The van der Waals surface area contributed by atoms with Crippen molar-refractivity contribution in [2.75, 3.05) is 38.1 Å². The molecule has 124 valence electrons. The van der Waals surface area contributed by atoms with Crippen LogP contribution in [0.3, 0.4) is 0 Å². The smallest absolute Gasteiger partial charge is 0.128 e. The minimum Gasteiger partial charge on any atom is -0.354 e. The first-order valence-corrected chi connectivity index (χ1v) is 8.81. The Morgan fingerprint density at radius 2 is 1.75 bits per heavy atom. The molecule has 1 saturated heterocycles. The highest BCUT2D eigenvalue weighted by molar-refractivity contribution is 6.42. The van der Waals surface area contributed by atoms with Crippen molar-refractivity contribution < 1.29 is 0 Å². The molecule has 0 aliphatic carbocycles. The van der Waals surface area contributed by atoms with E-state index in [9.17, 15) is 0 Å². The maximum atomic E-state index is 6.10. The normalized spacial score (nSPS) is 17.8. The van der Waals surface area contributed by atoms with E-state index in [1.54, 1.807) is 0 Å². The van der Waals surface area contributed by atoms with Crippen LogP contribution in [0.25, 0.3) is 0 Å². The fourth-order valence-corrected chi connectivity index (χ4v) is 3.48. The first-order chi connectivity index (χ1) is 11.6. The second kappa shape index (κ2) is 6.36. The molecule has 0 saturated carbocycles. The summed E-state index contributed by atoms with van der Waals surface area (Å²) >= 11 is 12.2. The van der Waals surface area contributed by atoms with Crippen LogP contribution in [0.2, 0.25) is 10.0 Å². The third kappa shape index (κ3) is 3.02. The van der Waals surface area contributed by atoms with Crippen LogP contribution in [0.15, 0.2) is 35.5 Å². The Morgan fingerprint density at radius 3 is 2.46 bits per heavy atom. The van der Waals surface area contributed by atoms with Gasteiger partial charge in [0.2, 0.25) is 0 Å². The van der Waals surface area contributed by atoms with Gasteiger partial charge in [-0.1, -0.05) is 23.2 Å². The van der Waals surface area contributed by atoms with Crippen LogP contribution >= 0.6 is 23.2 Å². The van der Waals surface area contributed by atoms with Crippen LogP contribution in [0.4, 0.5) is 11.5 Å². The molecule has 2 aromatic rings. The number of fused-ring (bicyclic) bond motifs is 1. The number of halogens is 2. The zero-order valence-corrected chi connectivity index (χ0v) is 15.0. The fourth-order valence-electron chi connectivity index (χ4n) is 3.13. The lowest BCUT2D eigenvalue weighted by Gasteiger charge is -2.33. The van der Waals surface area contributed by atoms with E-state index in [2.05, 4.69) is 39.0 Å². The van der Waals surface area contributed by atoms with Gasteiger partial charge in [-0.15, -0.1) is 0 Å². The number of nitrogens with zero attached hydrogens (tertiary/aromatic N) is 4. The molecule has 0 N–H and O–H groups in total. The van der Waals surface area contributed by atoms with Crippen molar-refractivity contribution in [3.63, 3.8) is 0 Å². The van der Waals surface area contributed by atoms with Gasteiger partial charge >= 0.3 is 0 Å². The summed E-state index contributed by atoms with van der Waals surface area (Å²) in [5.41, 5.74) is 4.09. The second-order valence-corrected chi connectivity index (χ2v) is 7.14. The monoisotopic (exact) mass is 360 g/mol. The van der Waals surface area contributed by atoms with Crippen LogP contribution < -0.4 is 4.90 Å². The number of anilines is 1. The molecule has 0 amide bonds. The maximum absolute atomic E-state index is 6.10. The quantitative estimate of drug-likeness (QED) is 0.815. The van der Waals surface area contributed by atoms with E-state index in [0.29, 0.717) is 10.0 Å². The molecule has 2 aliphatic heterocycles. The van der Waals surface area contributed by atoms with E-state index in [1.807, 2.05) is 18.3 Å². The third-order valence-corrected chi connectivity index (χ3v) is 5.37. The molecule has 0 radical (unpaired) electrons. The molecule has 1 fully saturated rings. The summed E-state index contributed by atoms with van der Waals surface area (Å²) in [6, 6.07) is 7.93. The highest BCUT2D eigenvalue weighted by atomic mass is 35.5. The summed E-state index contributed by atoms with van der Waals surface area (Å²) < 4.78 is 0. The number of hydrogen-bond acceptors (Lipinski definition) is 4. The number of piperazine rings is 1. The Labute approximate surface area is 151 Å². The SMILES string of the molecule is CN1CCN(c2ccc(C3=Nc4cc(Cl)c(Cl)cc4C3)cn2)CC1. The Morgan fingerprint density at radius 1 is 1.00 bits per heavy atom. The molecule has 24 heavy (non-hydrogen) atoms. The Kier molecular flexibility index (Phi) is 4.21. The highest BCUT2D eigenvalue weighted by Crippen LogP contribution is 2.35. The van der Waals surface area contributed by atoms with Crippen molar-refractivity contribution >= 4 is 40.4 Å². The van der Waals surface area contributed by atoms with Crippen LogP contribution in [0, 0.1) is 0 Å². The Bertz CT molecular complexity index is 793. The lowest BCUT2D eigenvalue weighted by molar-refractivity contribution is 0.312. The molecule has 0 spiro atoms. The Balaban J connectivity index is 1.53. The van der Waals surface area contributed by atoms with Gasteiger partial charge < -0.3 is 9.80 Å². The van der Waals surface area contributed by atoms with Crippen LogP contribution in [-0.4, -0.2) is 48.8 Å². The molecule has 4 nitrogen and oxygen atoms in total. The van der Waals surface area contributed by atoms with Gasteiger partial charge in [0, 0.05) is 44.4 Å². The molecule has 1 aromatic carbocycles. The van der Waals surface area contributed by atoms with E-state index in [0.717, 1.165) is 60.9 Å². The van der Waals surface area contributed by atoms with E-state index in [4.69, 9.17) is 23.2 Å². The topological polar surface area (TPSA) is 31.7 Å². The number of rotatable bonds is 2. The van der Waals surface area contributed by atoms with Gasteiger partial charge in [-0.2, -0.15) is 0 Å². The molecule has 0 bridgehead atoms. The molecule has 0 atom stereocenters. The van der Waals surface area contributed by atoms with Crippen LogP contribution in [0.5, 0.6) is 0 Å². The third-order valence-electron chi connectivity index (χ3n) is 4.64. The van der Waals surface area contributed by atoms with Crippen molar-refractivity contribution in [1.82, 2.24) is 9.88 Å². The number of benzene rings is 1. The highest BCUT2D eigenvalue weighted by Gasteiger charge is 2.19. The van der Waals surface area contributed by atoms with Crippen molar-refractivity contribution in [2.24, 2.45) is 4.99 Å². The zero-order valence-electron chi connectivity index (χ0n) is 13.5. The van der Waals surface area contributed by atoms with Gasteiger partial charge in [-0.05, 0) is 36.9 Å². The van der Waals surface area contributed by atoms with Gasteiger partial charge in [-0.25, -0.2) is 4.98 Å². The number of pyridine rings is 1. The van der Waals surface area contributed by atoms with E-state index in [1.165, 1.54) is 0 Å². The van der Waals surface area contributed by atoms with Crippen LogP contribution in [-0.2, 0) is 6.42 Å². The van der Waals surface area contributed by atoms with E-state index in [-0.39, 0.29) is 0 Å². The Hall–Kier alpha value is -1.62. The molecule has 0 unspecified atom stereocenters. The summed E-state index contributed by atoms with van der Waals surface area (Å²) in [7, 11) is 2.16. The van der Waals surface area contributed by atoms with Gasteiger partial charge in [0.15, 0.2) is 0 Å². The van der Waals surface area contributed by atoms with Crippen molar-refractivity contribution in [1.29, 1.82) is 0 Å². The van der Waals surface area contributed by atoms with E-state index >= 15 is 0 Å². The summed E-state index contributed by atoms with van der Waals surface area (Å²) in [5.74, 6) is 1.04. The molecular formula is C18H18Cl2N4. The van der Waals surface area contributed by atoms with Gasteiger partial charge in [0.05, 0.1) is 21.4 Å². The van der Waals surface area contributed by atoms with Gasteiger partial charge in [0.25, 0.3) is 0 Å². The van der Waals surface area contributed by atoms with Gasteiger partial charge in [0.1, 0.15) is 5.82 Å². The second-order valence-electron chi connectivity index (χ2n) is 6.33. The molecule has 6 heteroatoms. The standard InChI is InChI=1S/C18H18Cl2N4/c1-23-4-6-24(7-5-23)18-3-2-12(11-21-18)16-9-13-8-14(19)15(20)10-17(13)22-16/h2-3,8,10-11H,4-7,9H2,1H3. The average Bonchev–Trinajstić information content (AvgIpc) is 2.99. The summed E-state index contributed by atoms with van der Waals surface area (Å²) in [4.78, 5) is 14.0. The first-order valence-electron chi connectivity index (χ1n) is 8.05. The molecule has 4 rings (SSSR count). The van der Waals surface area contributed by atoms with E-state index < -0.39 is 0 Å². The zero-order chi connectivity index (χ0) is 16.7. The fraction of sp³-hybridized carbons (Fsp3) is 0.333. The van der Waals surface area contributed by atoms with Crippen molar-refractivity contribution in [3.05, 3.63) is 51.6 Å². The first kappa shape index (κ1) is 15.9. The lowest BCUT2D eigenvalue weighted by Crippen LogP contribution is -2.44. The number of hydrogen-bond donors (Lipinski definition) is 0. The molecular weight excluding hydrogens is 343 g/mol. The molecule has 2 aliphatic rings. The number of likely N-dealkylation sites (N-methyl/N-ethyl adjacent to an activating group) is 1.